The lowest BCUT2D eigenvalue weighted by atomic mass is 9.88. The number of carbonyl (C=O) groups is 1. The first-order valence-corrected chi connectivity index (χ1v) is 8.04. The first-order chi connectivity index (χ1) is 12.1. The van der Waals surface area contributed by atoms with Gasteiger partial charge in [-0.2, -0.15) is 0 Å². The monoisotopic (exact) mass is 344 g/mol. The summed E-state index contributed by atoms with van der Waals surface area (Å²) in [6.07, 6.45) is 0.805. The van der Waals surface area contributed by atoms with Crippen LogP contribution in [0, 0.1) is 0 Å². The zero-order chi connectivity index (χ0) is 17.8. The lowest BCUT2D eigenvalue weighted by Crippen LogP contribution is -2.14. The highest BCUT2D eigenvalue weighted by molar-refractivity contribution is 5.71. The van der Waals surface area contributed by atoms with Crippen LogP contribution in [0.5, 0.6) is 23.0 Å². The average Bonchev–Trinajstić information content (AvgIpc) is 3.08. The quantitative estimate of drug-likeness (QED) is 0.811. The molecule has 0 saturated heterocycles. The van der Waals surface area contributed by atoms with Crippen LogP contribution in [0.1, 0.15) is 30.4 Å². The second-order valence-corrected chi connectivity index (χ2v) is 5.66. The van der Waals surface area contributed by atoms with Crippen molar-refractivity contribution in [3.05, 3.63) is 47.5 Å². The number of esters is 1. The largest absolute Gasteiger partial charge is 0.508 e. The van der Waals surface area contributed by atoms with Gasteiger partial charge in [0.15, 0.2) is 18.1 Å². The maximum Gasteiger partial charge on any atom is 0.343 e. The van der Waals surface area contributed by atoms with Crippen molar-refractivity contribution >= 4 is 5.97 Å². The fourth-order valence-corrected chi connectivity index (χ4v) is 2.87. The molecule has 0 saturated carbocycles. The average molecular weight is 344 g/mol. The summed E-state index contributed by atoms with van der Waals surface area (Å²) in [5.74, 6) is 1.56. The van der Waals surface area contributed by atoms with E-state index >= 15 is 0 Å². The van der Waals surface area contributed by atoms with Crippen molar-refractivity contribution in [2.75, 3.05) is 20.5 Å². The fourth-order valence-electron chi connectivity index (χ4n) is 2.87. The Morgan fingerprint density at radius 2 is 1.88 bits per heavy atom. The number of fused-ring (bicyclic) bond motifs is 1. The zero-order valence-corrected chi connectivity index (χ0v) is 14.2. The van der Waals surface area contributed by atoms with Gasteiger partial charge in [-0.25, -0.2) is 4.79 Å². The Bertz CT molecular complexity index is 753. The van der Waals surface area contributed by atoms with Crippen LogP contribution in [0.2, 0.25) is 0 Å². The summed E-state index contributed by atoms with van der Waals surface area (Å²) >= 11 is 0. The molecule has 0 aliphatic carbocycles. The van der Waals surface area contributed by atoms with Crippen LogP contribution in [0.25, 0.3) is 0 Å². The number of benzene rings is 2. The summed E-state index contributed by atoms with van der Waals surface area (Å²) in [6, 6.07) is 10.7. The third-order valence-electron chi connectivity index (χ3n) is 4.16. The number of methoxy groups -OCH3 is 1. The summed E-state index contributed by atoms with van der Waals surface area (Å²) < 4.78 is 21.2. The van der Waals surface area contributed by atoms with Crippen LogP contribution in [0.3, 0.4) is 0 Å². The Kier molecular flexibility index (Phi) is 4.97. The number of carbonyl (C=O) groups excluding carboxylic acids is 1. The van der Waals surface area contributed by atoms with Crippen molar-refractivity contribution in [2.45, 2.75) is 19.3 Å². The van der Waals surface area contributed by atoms with Crippen molar-refractivity contribution in [1.82, 2.24) is 0 Å². The molecule has 1 aliphatic heterocycles. The molecule has 0 spiro atoms. The minimum Gasteiger partial charge on any atom is -0.508 e. The van der Waals surface area contributed by atoms with Crippen molar-refractivity contribution in [3.8, 4) is 23.0 Å². The van der Waals surface area contributed by atoms with Gasteiger partial charge >= 0.3 is 5.97 Å². The summed E-state index contributed by atoms with van der Waals surface area (Å²) in [5, 5.41) is 9.52. The maximum absolute atomic E-state index is 11.4. The third-order valence-corrected chi connectivity index (χ3v) is 4.16. The van der Waals surface area contributed by atoms with Gasteiger partial charge < -0.3 is 24.1 Å². The molecule has 6 heteroatoms. The van der Waals surface area contributed by atoms with Gasteiger partial charge in [-0.05, 0) is 30.2 Å². The van der Waals surface area contributed by atoms with E-state index in [0.717, 1.165) is 17.5 Å². The molecule has 1 atom stereocenters. The second kappa shape index (κ2) is 7.34. The van der Waals surface area contributed by atoms with E-state index < -0.39 is 5.97 Å². The molecule has 3 rings (SSSR count). The molecule has 0 bridgehead atoms. The van der Waals surface area contributed by atoms with Gasteiger partial charge in [0.25, 0.3) is 0 Å². The Morgan fingerprint density at radius 3 is 2.52 bits per heavy atom. The highest BCUT2D eigenvalue weighted by atomic mass is 16.7. The topological polar surface area (TPSA) is 74.2 Å². The predicted molar refractivity (Wildman–Crippen MR) is 90.3 cm³/mol. The number of aromatic hydroxyl groups is 1. The highest BCUT2D eigenvalue weighted by Crippen LogP contribution is 2.43. The third kappa shape index (κ3) is 3.63. The summed E-state index contributed by atoms with van der Waals surface area (Å²) in [4.78, 5) is 11.4. The zero-order valence-electron chi connectivity index (χ0n) is 14.2. The van der Waals surface area contributed by atoms with E-state index in [9.17, 15) is 9.90 Å². The summed E-state index contributed by atoms with van der Waals surface area (Å²) in [7, 11) is 1.32. The molecular formula is C19H20O6. The molecule has 0 amide bonds. The minimum absolute atomic E-state index is 0.0164. The number of hydrogen-bond acceptors (Lipinski definition) is 6. The molecule has 0 fully saturated rings. The van der Waals surface area contributed by atoms with Gasteiger partial charge in [-0.15, -0.1) is 0 Å². The number of phenols is 1. The standard InChI is InChI=1S/C19H20O6/c1-3-14(12-4-6-13(20)7-5-12)15-8-17-18(25-11-24-17)9-16(15)23-10-19(21)22-2/h4-9,14,20H,3,10-11H2,1-2H3/t14-/m1/s1. The molecule has 0 aromatic heterocycles. The Balaban J connectivity index is 1.99. The molecule has 0 unspecified atom stereocenters. The molecule has 25 heavy (non-hydrogen) atoms. The van der Waals surface area contributed by atoms with Crippen LogP contribution >= 0.6 is 0 Å². The molecule has 2 aromatic carbocycles. The van der Waals surface area contributed by atoms with Crippen LogP contribution in [-0.4, -0.2) is 31.6 Å². The lowest BCUT2D eigenvalue weighted by Gasteiger charge is -2.20. The van der Waals surface area contributed by atoms with E-state index in [1.165, 1.54) is 7.11 Å². The van der Waals surface area contributed by atoms with Crippen molar-refractivity contribution < 1.29 is 28.8 Å². The van der Waals surface area contributed by atoms with Gasteiger partial charge in [0.2, 0.25) is 6.79 Å². The Morgan fingerprint density at radius 1 is 1.20 bits per heavy atom. The highest BCUT2D eigenvalue weighted by Gasteiger charge is 2.24. The Hall–Kier alpha value is -2.89. The maximum atomic E-state index is 11.4. The van der Waals surface area contributed by atoms with Crippen LogP contribution in [-0.2, 0) is 9.53 Å². The van der Waals surface area contributed by atoms with E-state index in [1.54, 1.807) is 18.2 Å². The smallest absolute Gasteiger partial charge is 0.343 e. The van der Waals surface area contributed by atoms with E-state index in [2.05, 4.69) is 11.7 Å². The van der Waals surface area contributed by atoms with Gasteiger partial charge in [0.05, 0.1) is 7.11 Å². The lowest BCUT2D eigenvalue weighted by molar-refractivity contribution is -0.142. The second-order valence-electron chi connectivity index (χ2n) is 5.66. The molecule has 6 nitrogen and oxygen atoms in total. The number of rotatable bonds is 6. The SMILES string of the molecule is CC[C@H](c1ccc(O)cc1)c1cc2c(cc1OCC(=O)OC)OCO2. The molecule has 1 aliphatic rings. The van der Waals surface area contributed by atoms with E-state index in [-0.39, 0.29) is 25.1 Å². The van der Waals surface area contributed by atoms with E-state index in [1.807, 2.05) is 18.2 Å². The Labute approximate surface area is 145 Å². The fraction of sp³-hybridized carbons (Fsp3) is 0.316. The predicted octanol–water partition coefficient (Wildman–Crippen LogP) is 3.21. The number of phenolic OH excluding ortho intramolecular Hbond substituents is 1. The number of ether oxygens (including phenoxy) is 4. The normalized spacial score (nSPS) is 13.4. The van der Waals surface area contributed by atoms with Crippen molar-refractivity contribution in [1.29, 1.82) is 0 Å². The van der Waals surface area contributed by atoms with Gasteiger partial charge in [0, 0.05) is 17.5 Å². The first kappa shape index (κ1) is 17.0. The van der Waals surface area contributed by atoms with Gasteiger partial charge in [-0.3, -0.25) is 0 Å². The van der Waals surface area contributed by atoms with Gasteiger partial charge in [-0.1, -0.05) is 19.1 Å². The molecule has 132 valence electrons. The van der Waals surface area contributed by atoms with Gasteiger partial charge in [0.1, 0.15) is 11.5 Å². The van der Waals surface area contributed by atoms with Crippen LogP contribution < -0.4 is 14.2 Å². The minimum atomic E-state index is -0.457. The van der Waals surface area contributed by atoms with E-state index in [0.29, 0.717) is 17.2 Å². The van der Waals surface area contributed by atoms with E-state index in [4.69, 9.17) is 14.2 Å². The van der Waals surface area contributed by atoms with Crippen molar-refractivity contribution in [3.63, 3.8) is 0 Å². The molecule has 1 heterocycles. The molecule has 0 radical (unpaired) electrons. The summed E-state index contributed by atoms with van der Waals surface area (Å²) in [5.41, 5.74) is 1.92. The van der Waals surface area contributed by atoms with Crippen LogP contribution in [0.4, 0.5) is 0 Å². The molecule has 2 aromatic rings. The van der Waals surface area contributed by atoms with Crippen molar-refractivity contribution in [2.24, 2.45) is 0 Å². The summed E-state index contributed by atoms with van der Waals surface area (Å²) in [6.45, 7) is 2.03. The van der Waals surface area contributed by atoms with Crippen LogP contribution in [0.15, 0.2) is 36.4 Å². The number of hydrogen-bond donors (Lipinski definition) is 1. The molecular weight excluding hydrogens is 324 g/mol. The molecule has 1 N–H and O–H groups in total. The first-order valence-electron chi connectivity index (χ1n) is 8.04.